The van der Waals surface area contributed by atoms with Crippen molar-refractivity contribution in [2.24, 2.45) is 17.8 Å². The molecule has 1 N–H and O–H groups in total. The van der Waals surface area contributed by atoms with Crippen LogP contribution in [0.2, 0.25) is 0 Å². The number of aromatic nitrogens is 3. The quantitative estimate of drug-likeness (QED) is 0.935. The summed E-state index contributed by atoms with van der Waals surface area (Å²) in [5.41, 5.74) is 2.24. The van der Waals surface area contributed by atoms with Crippen molar-refractivity contribution in [2.75, 3.05) is 18.0 Å². The van der Waals surface area contributed by atoms with E-state index in [0.29, 0.717) is 6.54 Å². The number of piperidine rings is 1. The van der Waals surface area contributed by atoms with Crippen LogP contribution in [0.4, 0.5) is 5.82 Å². The molecule has 0 aromatic carbocycles. The van der Waals surface area contributed by atoms with Crippen molar-refractivity contribution in [2.45, 2.75) is 20.4 Å². The number of anilines is 1. The van der Waals surface area contributed by atoms with Crippen LogP contribution in [0, 0.1) is 24.7 Å². The Morgan fingerprint density at radius 3 is 2.70 bits per heavy atom. The van der Waals surface area contributed by atoms with Gasteiger partial charge in [0.15, 0.2) is 0 Å². The molecule has 1 aliphatic heterocycles. The van der Waals surface area contributed by atoms with E-state index in [1.807, 2.05) is 6.92 Å². The first-order valence-electron chi connectivity index (χ1n) is 8.00. The highest BCUT2D eigenvalue weighted by molar-refractivity contribution is 5.86. The lowest BCUT2D eigenvalue weighted by molar-refractivity contribution is 0.0697. The predicted octanol–water partition coefficient (Wildman–Crippen LogP) is 2.04. The molecule has 6 nitrogen and oxygen atoms in total. The Balaban J connectivity index is 1.48. The van der Waals surface area contributed by atoms with E-state index in [1.165, 1.54) is 6.20 Å². The SMILES string of the molecule is Cc1nc(N2C[C@@H]3C(C)[C@@H]3C2)ccc1Cn1cc(C(=O)O)cn1. The number of aromatic carboxylic acids is 1. The van der Waals surface area contributed by atoms with Crippen molar-refractivity contribution in [3.8, 4) is 0 Å². The molecule has 120 valence electrons. The molecule has 0 radical (unpaired) electrons. The first-order chi connectivity index (χ1) is 11.0. The van der Waals surface area contributed by atoms with Gasteiger partial charge < -0.3 is 10.0 Å². The maximum Gasteiger partial charge on any atom is 0.338 e. The number of hydrogen-bond acceptors (Lipinski definition) is 4. The average Bonchev–Trinajstić information content (AvgIpc) is 2.94. The molecule has 23 heavy (non-hydrogen) atoms. The molecule has 2 aromatic rings. The largest absolute Gasteiger partial charge is 0.478 e. The molecule has 6 heteroatoms. The zero-order valence-corrected chi connectivity index (χ0v) is 13.3. The minimum absolute atomic E-state index is 0.206. The van der Waals surface area contributed by atoms with Gasteiger partial charge in [-0.25, -0.2) is 9.78 Å². The van der Waals surface area contributed by atoms with Gasteiger partial charge in [0.2, 0.25) is 0 Å². The number of hydrogen-bond donors (Lipinski definition) is 1. The second-order valence-corrected chi connectivity index (χ2v) is 6.74. The fourth-order valence-electron chi connectivity index (χ4n) is 3.67. The number of aryl methyl sites for hydroxylation is 1. The van der Waals surface area contributed by atoms with Crippen molar-refractivity contribution in [1.82, 2.24) is 14.8 Å². The summed E-state index contributed by atoms with van der Waals surface area (Å²) in [5.74, 6) is 2.70. The standard InChI is InChI=1S/C17H20N4O2/c1-10-14-8-20(9-15(10)14)16-4-3-12(11(2)19-16)6-21-7-13(5-18-21)17(22)23/h3-5,7,10,14-15H,6,8-9H2,1-2H3,(H,22,23)/t10?,14-,15+. The highest BCUT2D eigenvalue weighted by Crippen LogP contribution is 2.51. The third kappa shape index (κ3) is 2.48. The molecule has 3 atom stereocenters. The first kappa shape index (κ1) is 14.2. The van der Waals surface area contributed by atoms with Gasteiger partial charge in [0, 0.05) is 25.0 Å². The van der Waals surface area contributed by atoms with E-state index in [1.54, 1.807) is 10.9 Å². The van der Waals surface area contributed by atoms with Crippen LogP contribution in [0.25, 0.3) is 0 Å². The van der Waals surface area contributed by atoms with Crippen LogP contribution in [0.3, 0.4) is 0 Å². The fourth-order valence-corrected chi connectivity index (χ4v) is 3.67. The Hall–Kier alpha value is -2.37. The number of rotatable bonds is 4. The van der Waals surface area contributed by atoms with Crippen molar-refractivity contribution in [1.29, 1.82) is 0 Å². The number of carboxylic acid groups (broad SMARTS) is 1. The van der Waals surface area contributed by atoms with E-state index < -0.39 is 5.97 Å². The monoisotopic (exact) mass is 312 g/mol. The topological polar surface area (TPSA) is 71.2 Å². The number of fused-ring (bicyclic) bond motifs is 1. The maximum absolute atomic E-state index is 10.9. The highest BCUT2D eigenvalue weighted by atomic mass is 16.4. The number of nitrogens with zero attached hydrogens (tertiary/aromatic N) is 4. The van der Waals surface area contributed by atoms with Gasteiger partial charge in [0.05, 0.1) is 18.3 Å². The van der Waals surface area contributed by atoms with Crippen LogP contribution in [0.1, 0.15) is 28.5 Å². The molecular formula is C17H20N4O2. The lowest BCUT2D eigenvalue weighted by atomic mass is 10.2. The molecule has 2 aromatic heterocycles. The summed E-state index contributed by atoms with van der Waals surface area (Å²) in [5, 5.41) is 13.0. The van der Waals surface area contributed by atoms with Gasteiger partial charge in [-0.2, -0.15) is 5.10 Å². The molecule has 1 unspecified atom stereocenters. The van der Waals surface area contributed by atoms with Gasteiger partial charge in [-0.1, -0.05) is 13.0 Å². The van der Waals surface area contributed by atoms with Gasteiger partial charge in [-0.3, -0.25) is 4.68 Å². The second-order valence-electron chi connectivity index (χ2n) is 6.74. The lowest BCUT2D eigenvalue weighted by Gasteiger charge is -2.21. The molecule has 1 saturated carbocycles. The van der Waals surface area contributed by atoms with E-state index in [4.69, 9.17) is 10.1 Å². The third-order valence-corrected chi connectivity index (χ3v) is 5.34. The molecular weight excluding hydrogens is 292 g/mol. The Morgan fingerprint density at radius 1 is 1.35 bits per heavy atom. The van der Waals surface area contributed by atoms with Gasteiger partial charge in [-0.05, 0) is 36.3 Å². The van der Waals surface area contributed by atoms with Gasteiger partial charge in [0.1, 0.15) is 5.82 Å². The number of pyridine rings is 1. The van der Waals surface area contributed by atoms with E-state index in [0.717, 1.165) is 47.9 Å². The summed E-state index contributed by atoms with van der Waals surface area (Å²) in [4.78, 5) is 18.0. The Morgan fingerprint density at radius 2 is 2.09 bits per heavy atom. The molecule has 1 saturated heterocycles. The fraction of sp³-hybridized carbons (Fsp3) is 0.471. The summed E-state index contributed by atoms with van der Waals surface area (Å²) in [6, 6.07) is 4.15. The number of carboxylic acids is 1. The van der Waals surface area contributed by atoms with Crippen molar-refractivity contribution < 1.29 is 9.90 Å². The predicted molar refractivity (Wildman–Crippen MR) is 85.6 cm³/mol. The zero-order valence-electron chi connectivity index (χ0n) is 13.3. The lowest BCUT2D eigenvalue weighted by Crippen LogP contribution is -2.24. The summed E-state index contributed by atoms with van der Waals surface area (Å²) < 4.78 is 1.64. The molecule has 0 bridgehead atoms. The minimum atomic E-state index is -0.955. The van der Waals surface area contributed by atoms with Crippen LogP contribution >= 0.6 is 0 Å². The Kier molecular flexibility index (Phi) is 3.14. The summed E-state index contributed by atoms with van der Waals surface area (Å²) in [6.45, 7) is 7.12. The molecule has 1 aliphatic carbocycles. The van der Waals surface area contributed by atoms with E-state index in [2.05, 4.69) is 29.1 Å². The van der Waals surface area contributed by atoms with Crippen LogP contribution in [-0.2, 0) is 6.54 Å². The van der Waals surface area contributed by atoms with Gasteiger partial charge >= 0.3 is 5.97 Å². The van der Waals surface area contributed by atoms with Crippen LogP contribution in [0.5, 0.6) is 0 Å². The normalized spacial score (nSPS) is 25.5. The van der Waals surface area contributed by atoms with Crippen LogP contribution in [0.15, 0.2) is 24.5 Å². The van der Waals surface area contributed by atoms with E-state index in [-0.39, 0.29) is 5.56 Å². The van der Waals surface area contributed by atoms with E-state index in [9.17, 15) is 4.79 Å². The van der Waals surface area contributed by atoms with Crippen LogP contribution < -0.4 is 4.90 Å². The van der Waals surface area contributed by atoms with Gasteiger partial charge in [-0.15, -0.1) is 0 Å². The summed E-state index contributed by atoms with van der Waals surface area (Å²) in [7, 11) is 0. The van der Waals surface area contributed by atoms with Crippen molar-refractivity contribution in [3.05, 3.63) is 41.3 Å². The minimum Gasteiger partial charge on any atom is -0.478 e. The second kappa shape index (κ2) is 5.08. The molecule has 2 fully saturated rings. The highest BCUT2D eigenvalue weighted by Gasteiger charge is 2.52. The molecule has 0 spiro atoms. The van der Waals surface area contributed by atoms with Gasteiger partial charge in [0.25, 0.3) is 0 Å². The average molecular weight is 312 g/mol. The molecule has 3 heterocycles. The Labute approximate surface area is 134 Å². The zero-order chi connectivity index (χ0) is 16.1. The Bertz CT molecular complexity index is 758. The summed E-state index contributed by atoms with van der Waals surface area (Å²) in [6.07, 6.45) is 2.92. The van der Waals surface area contributed by atoms with Crippen molar-refractivity contribution >= 4 is 11.8 Å². The maximum atomic E-state index is 10.9. The third-order valence-electron chi connectivity index (χ3n) is 5.34. The smallest absolute Gasteiger partial charge is 0.338 e. The van der Waals surface area contributed by atoms with Crippen LogP contribution in [-0.4, -0.2) is 38.9 Å². The number of carbonyl (C=O) groups is 1. The molecule has 4 rings (SSSR count). The summed E-state index contributed by atoms with van der Waals surface area (Å²) >= 11 is 0. The molecule has 0 amide bonds. The van der Waals surface area contributed by atoms with Crippen molar-refractivity contribution in [3.63, 3.8) is 0 Å². The van der Waals surface area contributed by atoms with E-state index >= 15 is 0 Å². The first-order valence-corrected chi connectivity index (χ1v) is 8.00. The molecule has 2 aliphatic rings.